The van der Waals surface area contributed by atoms with Gasteiger partial charge in [0.15, 0.2) is 0 Å². The summed E-state index contributed by atoms with van der Waals surface area (Å²) in [7, 11) is 0. The summed E-state index contributed by atoms with van der Waals surface area (Å²) in [6.07, 6.45) is 0. The molecule has 2 heterocycles. The molecular formula is C20H14ClN3O4S. The number of anilines is 1. The van der Waals surface area contributed by atoms with Crippen LogP contribution in [0.2, 0.25) is 5.02 Å². The second-order valence-corrected chi connectivity index (χ2v) is 7.82. The van der Waals surface area contributed by atoms with E-state index in [1.54, 1.807) is 42.5 Å². The number of aryl methyl sites for hydroxylation is 1. The van der Waals surface area contributed by atoms with Crippen molar-refractivity contribution in [1.82, 2.24) is 4.57 Å². The second-order valence-electron chi connectivity index (χ2n) is 6.42. The molecule has 1 aromatic heterocycles. The van der Waals surface area contributed by atoms with Gasteiger partial charge in [0.1, 0.15) is 11.4 Å². The van der Waals surface area contributed by atoms with Gasteiger partial charge in [-0.2, -0.15) is 0 Å². The van der Waals surface area contributed by atoms with Crippen LogP contribution in [0.25, 0.3) is 5.57 Å². The van der Waals surface area contributed by atoms with E-state index in [0.29, 0.717) is 32.6 Å². The molecule has 29 heavy (non-hydrogen) atoms. The molecule has 0 unspecified atom stereocenters. The fourth-order valence-corrected chi connectivity index (χ4v) is 4.15. The minimum Gasteiger partial charge on any atom is -0.493 e. The summed E-state index contributed by atoms with van der Waals surface area (Å²) < 4.78 is 0.927. The van der Waals surface area contributed by atoms with E-state index in [0.717, 1.165) is 10.1 Å². The van der Waals surface area contributed by atoms with E-state index in [2.05, 4.69) is 10.3 Å². The molecule has 0 saturated carbocycles. The lowest BCUT2D eigenvalue weighted by Gasteiger charge is -2.09. The molecule has 0 atom stereocenters. The summed E-state index contributed by atoms with van der Waals surface area (Å²) >= 11 is 6.65. The van der Waals surface area contributed by atoms with Crippen molar-refractivity contribution in [1.29, 1.82) is 0 Å². The van der Waals surface area contributed by atoms with Crippen molar-refractivity contribution >= 4 is 46.0 Å². The number of fused-ring (bicyclic) bond motifs is 1. The van der Waals surface area contributed by atoms with Crippen molar-refractivity contribution in [2.45, 2.75) is 13.5 Å². The van der Waals surface area contributed by atoms with E-state index in [1.807, 2.05) is 6.92 Å². The van der Waals surface area contributed by atoms with Crippen LogP contribution in [0.4, 0.5) is 5.69 Å². The van der Waals surface area contributed by atoms with E-state index in [9.17, 15) is 19.5 Å². The van der Waals surface area contributed by atoms with Crippen LogP contribution in [0.5, 0.6) is 5.88 Å². The van der Waals surface area contributed by atoms with Gasteiger partial charge in [0.25, 0.3) is 5.91 Å². The van der Waals surface area contributed by atoms with E-state index in [4.69, 9.17) is 11.6 Å². The Bertz CT molecular complexity index is 1360. The first-order valence-electron chi connectivity index (χ1n) is 8.56. The van der Waals surface area contributed by atoms with Crippen LogP contribution >= 0.6 is 22.9 Å². The van der Waals surface area contributed by atoms with Crippen LogP contribution in [0.1, 0.15) is 10.4 Å². The van der Waals surface area contributed by atoms with Gasteiger partial charge in [-0.05, 0) is 30.7 Å². The molecule has 146 valence electrons. The van der Waals surface area contributed by atoms with Gasteiger partial charge in [-0.3, -0.25) is 19.0 Å². The monoisotopic (exact) mass is 427 g/mol. The van der Waals surface area contributed by atoms with Gasteiger partial charge in [0.2, 0.25) is 11.8 Å². The van der Waals surface area contributed by atoms with Gasteiger partial charge in [-0.25, -0.2) is 4.99 Å². The van der Waals surface area contributed by atoms with Crippen molar-refractivity contribution in [3.63, 3.8) is 0 Å². The molecule has 0 aliphatic carbocycles. The number of rotatable bonds is 4. The number of aromatic nitrogens is 1. The summed E-state index contributed by atoms with van der Waals surface area (Å²) in [6.45, 7) is 1.40. The highest BCUT2D eigenvalue weighted by Gasteiger charge is 2.26. The first kappa shape index (κ1) is 19.1. The number of carbonyl (C=O) groups is 2. The number of hydrogen-bond acceptors (Lipinski definition) is 5. The second kappa shape index (κ2) is 7.31. The third-order valence-corrected chi connectivity index (χ3v) is 5.70. The molecule has 4 rings (SSSR count). The lowest BCUT2D eigenvalue weighted by molar-refractivity contribution is -0.117. The maximum atomic E-state index is 12.4. The Labute approximate surface area is 173 Å². The minimum atomic E-state index is -0.555. The molecule has 7 nitrogen and oxygen atoms in total. The maximum Gasteiger partial charge on any atom is 0.311 e. The Hall–Kier alpha value is -3.23. The van der Waals surface area contributed by atoms with Crippen molar-refractivity contribution in [2.75, 3.05) is 5.32 Å². The minimum absolute atomic E-state index is 0.0976. The third-order valence-electron chi connectivity index (χ3n) is 4.48. The van der Waals surface area contributed by atoms with Gasteiger partial charge in [-0.15, -0.1) is 0 Å². The zero-order chi connectivity index (χ0) is 20.7. The molecule has 9 heteroatoms. The molecule has 0 saturated heterocycles. The largest absolute Gasteiger partial charge is 0.493 e. The van der Waals surface area contributed by atoms with Gasteiger partial charge in [0.05, 0.1) is 10.9 Å². The predicted octanol–water partition coefficient (Wildman–Crippen LogP) is 1.57. The molecule has 1 aliphatic rings. The van der Waals surface area contributed by atoms with Crippen molar-refractivity contribution < 1.29 is 14.7 Å². The highest BCUT2D eigenvalue weighted by atomic mass is 35.5. The zero-order valence-corrected chi connectivity index (χ0v) is 16.7. The van der Waals surface area contributed by atoms with Gasteiger partial charge in [0, 0.05) is 15.9 Å². The molecule has 0 fully saturated rings. The Balaban J connectivity index is 1.68. The van der Waals surface area contributed by atoms with Crippen molar-refractivity contribution in [2.24, 2.45) is 4.99 Å². The number of carbonyl (C=O) groups excluding carboxylic acids is 2. The number of para-hydroxylation sites is 1. The van der Waals surface area contributed by atoms with Crippen LogP contribution in [0.15, 0.2) is 52.3 Å². The van der Waals surface area contributed by atoms with Crippen LogP contribution in [0, 0.1) is 6.92 Å². The summed E-state index contributed by atoms with van der Waals surface area (Å²) in [6, 6.07) is 11.9. The third kappa shape index (κ3) is 3.48. The lowest BCUT2D eigenvalue weighted by atomic mass is 10.1. The molecule has 2 aromatic carbocycles. The number of nitrogens with zero attached hydrogens (tertiary/aromatic N) is 2. The van der Waals surface area contributed by atoms with Gasteiger partial charge in [-0.1, -0.05) is 47.2 Å². The molecule has 0 bridgehead atoms. The molecule has 3 aromatic rings. The highest BCUT2D eigenvalue weighted by molar-refractivity contribution is 7.11. The molecule has 1 aliphatic heterocycles. The number of aromatic hydroxyl groups is 1. The predicted molar refractivity (Wildman–Crippen MR) is 110 cm³/mol. The van der Waals surface area contributed by atoms with Crippen LogP contribution in [0.3, 0.4) is 0 Å². The number of nitrogens with one attached hydrogen (secondary N) is 1. The fraction of sp³-hybridized carbons (Fsp3) is 0.100. The highest BCUT2D eigenvalue weighted by Crippen LogP contribution is 2.28. The Morgan fingerprint density at radius 3 is 2.79 bits per heavy atom. The smallest absolute Gasteiger partial charge is 0.311 e. The zero-order valence-electron chi connectivity index (χ0n) is 15.1. The van der Waals surface area contributed by atoms with Crippen molar-refractivity contribution in [3.05, 3.63) is 78.2 Å². The number of thiazole rings is 1. The van der Waals surface area contributed by atoms with Crippen molar-refractivity contribution in [3.8, 4) is 5.88 Å². The Morgan fingerprint density at radius 1 is 1.24 bits per heavy atom. The number of benzene rings is 2. The Kier molecular flexibility index (Phi) is 4.81. The molecule has 0 spiro atoms. The van der Waals surface area contributed by atoms with E-state index >= 15 is 0 Å². The summed E-state index contributed by atoms with van der Waals surface area (Å²) in [5, 5.41) is 14.7. The number of amides is 2. The summed E-state index contributed by atoms with van der Waals surface area (Å²) in [4.78, 5) is 40.7. The lowest BCUT2D eigenvalue weighted by Crippen LogP contribution is -2.24. The quantitative estimate of drug-likeness (QED) is 0.660. The SMILES string of the molecule is Cc1ccc(Cl)cc1NC(=O)Cn1c(O)c(C2=c3ccccc3=NC2=O)sc1=O. The normalized spacial score (nSPS) is 12.6. The molecular weight excluding hydrogens is 414 g/mol. The van der Waals surface area contributed by atoms with Crippen LogP contribution in [-0.2, 0) is 16.1 Å². The van der Waals surface area contributed by atoms with E-state index < -0.39 is 29.1 Å². The average Bonchev–Trinajstić information content (AvgIpc) is 3.14. The summed E-state index contributed by atoms with van der Waals surface area (Å²) in [5.74, 6) is -1.48. The first-order valence-corrected chi connectivity index (χ1v) is 9.76. The first-order chi connectivity index (χ1) is 13.8. The standard InChI is InChI=1S/C20H14ClN3O4S/c1-10-6-7-11(21)8-14(10)22-15(25)9-24-19(27)17(29-20(24)28)16-12-4-2-3-5-13(12)23-18(16)26/h2-8,27H,9H2,1H3,(H,22,25). The molecule has 2 amide bonds. The van der Waals surface area contributed by atoms with E-state index in [-0.39, 0.29) is 10.5 Å². The van der Waals surface area contributed by atoms with Gasteiger partial charge >= 0.3 is 4.87 Å². The molecule has 2 N–H and O–H groups in total. The van der Waals surface area contributed by atoms with Crippen LogP contribution < -0.4 is 20.8 Å². The van der Waals surface area contributed by atoms with E-state index in [1.165, 1.54) is 0 Å². The number of halogens is 1. The van der Waals surface area contributed by atoms with Crippen LogP contribution in [-0.4, -0.2) is 21.5 Å². The average molecular weight is 428 g/mol. The maximum absolute atomic E-state index is 12.4. The summed E-state index contributed by atoms with van der Waals surface area (Å²) in [5.41, 5.74) is 1.47. The van der Waals surface area contributed by atoms with Gasteiger partial charge < -0.3 is 10.4 Å². The topological polar surface area (TPSA) is 101 Å². The number of hydrogen-bond donors (Lipinski definition) is 2. The fourth-order valence-electron chi connectivity index (χ4n) is 3.04. The molecule has 0 radical (unpaired) electrons. The Morgan fingerprint density at radius 2 is 2.00 bits per heavy atom.